The van der Waals surface area contributed by atoms with Gasteiger partial charge in [0.25, 0.3) is 0 Å². The molecule has 5 heteroatoms. The Labute approximate surface area is 148 Å². The Kier molecular flexibility index (Phi) is 4.32. The summed E-state index contributed by atoms with van der Waals surface area (Å²) in [6, 6.07) is 6.40. The first-order valence-corrected chi connectivity index (χ1v) is 9.25. The van der Waals surface area contributed by atoms with Crippen LogP contribution < -0.4 is 0 Å². The third-order valence-electron chi connectivity index (χ3n) is 5.61. The average molecular weight is 339 g/mol. The van der Waals surface area contributed by atoms with Crippen LogP contribution in [0, 0.1) is 19.8 Å². The second-order valence-electron chi connectivity index (χ2n) is 7.65. The number of hydrogen-bond acceptors (Lipinski definition) is 4. The van der Waals surface area contributed by atoms with Gasteiger partial charge in [0.05, 0.1) is 6.42 Å². The first kappa shape index (κ1) is 16.3. The minimum atomic E-state index is 0.0729. The number of benzene rings is 1. The maximum atomic E-state index is 12.3. The average Bonchev–Trinajstić information content (AvgIpc) is 3.14. The van der Waals surface area contributed by atoms with Crippen molar-refractivity contribution in [3.63, 3.8) is 0 Å². The summed E-state index contributed by atoms with van der Waals surface area (Å²) in [4.78, 5) is 18.8. The van der Waals surface area contributed by atoms with E-state index in [-0.39, 0.29) is 11.8 Å². The van der Waals surface area contributed by atoms with E-state index >= 15 is 0 Å². The smallest absolute Gasteiger partial charge is 0.231 e. The van der Waals surface area contributed by atoms with Crippen molar-refractivity contribution in [3.8, 4) is 0 Å². The number of carbonyl (C=O) groups is 1. The minimum Gasteiger partial charge on any atom is -0.342 e. The summed E-state index contributed by atoms with van der Waals surface area (Å²) >= 11 is 0. The van der Waals surface area contributed by atoms with E-state index in [1.807, 2.05) is 4.90 Å². The molecule has 0 spiro atoms. The van der Waals surface area contributed by atoms with Crippen molar-refractivity contribution >= 4 is 5.91 Å². The van der Waals surface area contributed by atoms with Crippen molar-refractivity contribution in [3.05, 3.63) is 46.6 Å². The Balaban J connectivity index is 1.42. The van der Waals surface area contributed by atoms with Crippen molar-refractivity contribution in [1.82, 2.24) is 15.0 Å². The van der Waals surface area contributed by atoms with E-state index in [0.717, 1.165) is 13.1 Å². The Bertz CT molecular complexity index is 779. The van der Waals surface area contributed by atoms with Gasteiger partial charge in [0.1, 0.15) is 0 Å². The second kappa shape index (κ2) is 6.62. The number of rotatable bonds is 5. The van der Waals surface area contributed by atoms with E-state index in [2.05, 4.69) is 42.2 Å². The lowest BCUT2D eigenvalue weighted by Gasteiger charge is -2.30. The fraction of sp³-hybridized carbons (Fsp3) is 0.550. The van der Waals surface area contributed by atoms with E-state index in [4.69, 9.17) is 4.52 Å². The van der Waals surface area contributed by atoms with E-state index in [0.29, 0.717) is 30.5 Å². The highest BCUT2D eigenvalue weighted by Gasteiger charge is 2.35. The molecule has 5 nitrogen and oxygen atoms in total. The predicted molar refractivity (Wildman–Crippen MR) is 94.3 cm³/mol. The molecule has 2 fully saturated rings. The van der Waals surface area contributed by atoms with Crippen LogP contribution in [0.1, 0.15) is 60.0 Å². The number of aryl methyl sites for hydroxylation is 2. The minimum absolute atomic E-state index is 0.0729. The summed E-state index contributed by atoms with van der Waals surface area (Å²) in [5, 5.41) is 4.16. The van der Waals surface area contributed by atoms with Gasteiger partial charge in [0, 0.05) is 25.4 Å². The van der Waals surface area contributed by atoms with Gasteiger partial charge in [-0.3, -0.25) is 4.79 Å². The first-order valence-electron chi connectivity index (χ1n) is 9.25. The van der Waals surface area contributed by atoms with Crippen molar-refractivity contribution in [2.24, 2.45) is 5.92 Å². The van der Waals surface area contributed by atoms with Crippen LogP contribution in [0.15, 0.2) is 22.7 Å². The SMILES string of the molecule is Cc1ccc(C)c(Cc2nc(C3CC(=O)N(CC4CCC4)C3)no2)c1. The predicted octanol–water partition coefficient (Wildman–Crippen LogP) is 3.39. The molecule has 132 valence electrons. The molecule has 1 amide bonds. The van der Waals surface area contributed by atoms with Crippen LogP contribution in [0.2, 0.25) is 0 Å². The maximum absolute atomic E-state index is 12.3. The van der Waals surface area contributed by atoms with Gasteiger partial charge >= 0.3 is 0 Å². The molecule has 0 bridgehead atoms. The zero-order valence-corrected chi connectivity index (χ0v) is 15.0. The zero-order valence-electron chi connectivity index (χ0n) is 15.0. The quantitative estimate of drug-likeness (QED) is 0.838. The topological polar surface area (TPSA) is 59.2 Å². The van der Waals surface area contributed by atoms with Crippen LogP contribution in [0.4, 0.5) is 0 Å². The number of likely N-dealkylation sites (tertiary alicyclic amines) is 1. The van der Waals surface area contributed by atoms with Crippen LogP contribution in [0.5, 0.6) is 0 Å². The molecule has 2 aromatic rings. The zero-order chi connectivity index (χ0) is 17.4. The standard InChI is InChI=1S/C20H25N3O2/c1-13-6-7-14(2)16(8-13)9-18-21-20(22-25-18)17-10-19(24)23(12-17)11-15-4-3-5-15/h6-8,15,17H,3-5,9-12H2,1-2H3. The molecule has 1 atom stereocenters. The van der Waals surface area contributed by atoms with E-state index in [1.165, 1.54) is 36.0 Å². The molecular weight excluding hydrogens is 314 g/mol. The molecule has 1 unspecified atom stereocenters. The molecule has 1 aromatic heterocycles. The van der Waals surface area contributed by atoms with Crippen molar-refractivity contribution in [2.75, 3.05) is 13.1 Å². The highest BCUT2D eigenvalue weighted by Crippen LogP contribution is 2.32. The second-order valence-corrected chi connectivity index (χ2v) is 7.65. The molecule has 1 saturated heterocycles. The van der Waals surface area contributed by atoms with Crippen molar-refractivity contribution < 1.29 is 9.32 Å². The van der Waals surface area contributed by atoms with Gasteiger partial charge in [-0.05, 0) is 43.7 Å². The van der Waals surface area contributed by atoms with E-state index in [1.54, 1.807) is 0 Å². The summed E-state index contributed by atoms with van der Waals surface area (Å²) in [5.74, 6) is 2.33. The maximum Gasteiger partial charge on any atom is 0.231 e. The van der Waals surface area contributed by atoms with Gasteiger partial charge in [-0.25, -0.2) is 0 Å². The monoisotopic (exact) mass is 339 g/mol. The molecule has 1 aromatic carbocycles. The Morgan fingerprint density at radius 1 is 1.28 bits per heavy atom. The van der Waals surface area contributed by atoms with Crippen LogP contribution in [-0.4, -0.2) is 34.0 Å². The summed E-state index contributed by atoms with van der Waals surface area (Å²) in [7, 11) is 0. The Morgan fingerprint density at radius 3 is 2.88 bits per heavy atom. The van der Waals surface area contributed by atoms with Crippen LogP contribution in [-0.2, 0) is 11.2 Å². The molecule has 1 aliphatic heterocycles. The number of aromatic nitrogens is 2. The van der Waals surface area contributed by atoms with Crippen molar-refractivity contribution in [2.45, 2.75) is 51.9 Å². The van der Waals surface area contributed by atoms with Gasteiger partial charge in [0.2, 0.25) is 11.8 Å². The largest absolute Gasteiger partial charge is 0.342 e. The highest BCUT2D eigenvalue weighted by atomic mass is 16.5. The normalized spacial score (nSPS) is 21.0. The van der Waals surface area contributed by atoms with Gasteiger partial charge in [0.15, 0.2) is 5.82 Å². The molecule has 2 heterocycles. The Hall–Kier alpha value is -2.17. The number of hydrogen-bond donors (Lipinski definition) is 0. The van der Waals surface area contributed by atoms with Gasteiger partial charge in [-0.2, -0.15) is 4.98 Å². The summed E-state index contributed by atoms with van der Waals surface area (Å²) in [6.07, 6.45) is 4.98. The third-order valence-corrected chi connectivity index (χ3v) is 5.61. The fourth-order valence-corrected chi connectivity index (χ4v) is 3.77. The highest BCUT2D eigenvalue weighted by molar-refractivity contribution is 5.79. The lowest BCUT2D eigenvalue weighted by Crippen LogP contribution is -2.33. The number of carbonyl (C=O) groups excluding carboxylic acids is 1. The van der Waals surface area contributed by atoms with Gasteiger partial charge in [-0.1, -0.05) is 35.3 Å². The van der Waals surface area contributed by atoms with Gasteiger partial charge < -0.3 is 9.42 Å². The van der Waals surface area contributed by atoms with Crippen LogP contribution in [0.3, 0.4) is 0 Å². The lowest BCUT2D eigenvalue weighted by atomic mass is 9.85. The molecular formula is C20H25N3O2. The molecule has 0 N–H and O–H groups in total. The summed E-state index contributed by atoms with van der Waals surface area (Å²) < 4.78 is 5.47. The summed E-state index contributed by atoms with van der Waals surface area (Å²) in [5.41, 5.74) is 3.67. The Morgan fingerprint density at radius 2 is 2.12 bits per heavy atom. The molecule has 2 aliphatic rings. The molecule has 4 rings (SSSR count). The third kappa shape index (κ3) is 3.46. The molecule has 1 saturated carbocycles. The fourth-order valence-electron chi connectivity index (χ4n) is 3.77. The summed E-state index contributed by atoms with van der Waals surface area (Å²) in [6.45, 7) is 5.82. The lowest BCUT2D eigenvalue weighted by molar-refractivity contribution is -0.128. The first-order chi connectivity index (χ1) is 12.1. The van der Waals surface area contributed by atoms with Crippen LogP contribution >= 0.6 is 0 Å². The molecule has 1 aliphatic carbocycles. The number of amides is 1. The van der Waals surface area contributed by atoms with Gasteiger partial charge in [-0.15, -0.1) is 0 Å². The van der Waals surface area contributed by atoms with E-state index < -0.39 is 0 Å². The number of nitrogens with zero attached hydrogens (tertiary/aromatic N) is 3. The molecule has 25 heavy (non-hydrogen) atoms. The van der Waals surface area contributed by atoms with Crippen LogP contribution in [0.25, 0.3) is 0 Å². The molecule has 0 radical (unpaired) electrons. The van der Waals surface area contributed by atoms with E-state index in [9.17, 15) is 4.79 Å². The van der Waals surface area contributed by atoms with Crippen molar-refractivity contribution in [1.29, 1.82) is 0 Å².